The van der Waals surface area contributed by atoms with Crippen molar-refractivity contribution in [2.75, 3.05) is 6.54 Å². The van der Waals surface area contributed by atoms with Gasteiger partial charge in [-0.15, -0.1) is 0 Å². The summed E-state index contributed by atoms with van der Waals surface area (Å²) in [4.78, 5) is 4.03. The number of benzene rings is 1. The normalized spacial score (nSPS) is 12.4. The maximum atomic E-state index is 13.2. The van der Waals surface area contributed by atoms with Crippen molar-refractivity contribution in [1.29, 1.82) is 0 Å². The van der Waals surface area contributed by atoms with Gasteiger partial charge < -0.3 is 5.32 Å². The van der Waals surface area contributed by atoms with Gasteiger partial charge in [0.05, 0.1) is 17.9 Å². The van der Waals surface area contributed by atoms with Crippen LogP contribution in [0.3, 0.4) is 0 Å². The Morgan fingerprint density at radius 2 is 1.90 bits per heavy atom. The van der Waals surface area contributed by atoms with Gasteiger partial charge in [-0.3, -0.25) is 4.98 Å². The van der Waals surface area contributed by atoms with Crippen molar-refractivity contribution in [3.63, 3.8) is 0 Å². The fraction of sp³-hybridized carbons (Fsp3) is 0.267. The van der Waals surface area contributed by atoms with Gasteiger partial charge in [-0.05, 0) is 42.8 Å². The highest BCUT2D eigenvalue weighted by atomic mass is 19.2. The summed E-state index contributed by atoms with van der Waals surface area (Å²) in [5.74, 6) is -2.14. The molecule has 0 aliphatic heterocycles. The predicted octanol–water partition coefficient (Wildman–Crippen LogP) is 3.39. The molecule has 1 aromatic heterocycles. The first-order chi connectivity index (χ1) is 9.60. The fourth-order valence-corrected chi connectivity index (χ4v) is 2.02. The van der Waals surface area contributed by atoms with Gasteiger partial charge >= 0.3 is 0 Å². The van der Waals surface area contributed by atoms with Crippen molar-refractivity contribution in [1.82, 2.24) is 10.3 Å². The van der Waals surface area contributed by atoms with Crippen molar-refractivity contribution >= 4 is 0 Å². The molecule has 0 amide bonds. The SMILES string of the molecule is CCNC(Cc1ccc(F)c(F)c1)c1ccc(F)cn1. The number of nitrogens with zero attached hydrogens (tertiary/aromatic N) is 1. The zero-order valence-electron chi connectivity index (χ0n) is 11.0. The van der Waals surface area contributed by atoms with E-state index in [0.29, 0.717) is 24.2 Å². The first kappa shape index (κ1) is 14.5. The summed E-state index contributed by atoms with van der Waals surface area (Å²) in [5.41, 5.74) is 1.32. The molecule has 106 valence electrons. The lowest BCUT2D eigenvalue weighted by molar-refractivity contribution is 0.500. The highest BCUT2D eigenvalue weighted by molar-refractivity contribution is 5.21. The van der Waals surface area contributed by atoms with Crippen LogP contribution in [0, 0.1) is 17.5 Å². The van der Waals surface area contributed by atoms with Crippen molar-refractivity contribution in [3.05, 3.63) is 65.2 Å². The van der Waals surface area contributed by atoms with Crippen LogP contribution in [-0.4, -0.2) is 11.5 Å². The Morgan fingerprint density at radius 1 is 1.10 bits per heavy atom. The molecule has 1 heterocycles. The second-order valence-electron chi connectivity index (χ2n) is 4.46. The number of rotatable bonds is 5. The van der Waals surface area contributed by atoms with Crippen LogP contribution in [0.5, 0.6) is 0 Å². The standard InChI is InChI=1S/C15H15F3N2/c1-2-19-15(14-6-4-11(16)9-20-14)8-10-3-5-12(17)13(18)7-10/h3-7,9,15,19H,2,8H2,1H3. The molecule has 1 N–H and O–H groups in total. The topological polar surface area (TPSA) is 24.9 Å². The summed E-state index contributed by atoms with van der Waals surface area (Å²) in [5, 5.41) is 3.20. The predicted molar refractivity (Wildman–Crippen MR) is 70.7 cm³/mol. The van der Waals surface area contributed by atoms with E-state index in [1.165, 1.54) is 18.2 Å². The average molecular weight is 280 g/mol. The second-order valence-corrected chi connectivity index (χ2v) is 4.46. The number of halogens is 3. The van der Waals surface area contributed by atoms with E-state index in [1.807, 2.05) is 6.92 Å². The van der Waals surface area contributed by atoms with E-state index in [-0.39, 0.29) is 6.04 Å². The van der Waals surface area contributed by atoms with Gasteiger partial charge in [0.25, 0.3) is 0 Å². The van der Waals surface area contributed by atoms with E-state index in [9.17, 15) is 13.2 Å². The van der Waals surface area contributed by atoms with Crippen LogP contribution in [0.1, 0.15) is 24.2 Å². The summed E-state index contributed by atoms with van der Waals surface area (Å²) in [6.07, 6.45) is 1.59. The molecule has 2 aromatic rings. The first-order valence-corrected chi connectivity index (χ1v) is 6.39. The summed E-state index contributed by atoms with van der Waals surface area (Å²) >= 11 is 0. The van der Waals surface area contributed by atoms with Crippen LogP contribution in [0.2, 0.25) is 0 Å². The van der Waals surface area contributed by atoms with E-state index in [2.05, 4.69) is 10.3 Å². The number of pyridine rings is 1. The van der Waals surface area contributed by atoms with Crippen LogP contribution in [0.25, 0.3) is 0 Å². The number of nitrogens with one attached hydrogen (secondary N) is 1. The molecule has 0 radical (unpaired) electrons. The summed E-state index contributed by atoms with van der Waals surface area (Å²) in [6, 6.07) is 6.55. The molecular weight excluding hydrogens is 265 g/mol. The summed E-state index contributed by atoms with van der Waals surface area (Å²) in [6.45, 7) is 2.62. The summed E-state index contributed by atoms with van der Waals surface area (Å²) < 4.78 is 39.0. The van der Waals surface area contributed by atoms with E-state index in [4.69, 9.17) is 0 Å². The minimum absolute atomic E-state index is 0.175. The highest BCUT2D eigenvalue weighted by Crippen LogP contribution is 2.18. The molecule has 5 heteroatoms. The Bertz CT molecular complexity index is 570. The van der Waals surface area contributed by atoms with Gasteiger partial charge in [0, 0.05) is 0 Å². The third-order valence-electron chi connectivity index (χ3n) is 2.98. The molecule has 1 aromatic carbocycles. The maximum Gasteiger partial charge on any atom is 0.159 e. The van der Waals surface area contributed by atoms with Crippen molar-refractivity contribution in [2.24, 2.45) is 0 Å². The van der Waals surface area contributed by atoms with E-state index >= 15 is 0 Å². The molecule has 1 atom stereocenters. The molecule has 0 saturated carbocycles. The third-order valence-corrected chi connectivity index (χ3v) is 2.98. The molecule has 2 rings (SSSR count). The maximum absolute atomic E-state index is 13.2. The fourth-order valence-electron chi connectivity index (χ4n) is 2.02. The molecule has 0 spiro atoms. The van der Waals surface area contributed by atoms with Crippen molar-refractivity contribution in [3.8, 4) is 0 Å². The molecule has 0 aliphatic carbocycles. The smallest absolute Gasteiger partial charge is 0.159 e. The molecule has 1 unspecified atom stereocenters. The Kier molecular flexibility index (Phi) is 4.74. The van der Waals surface area contributed by atoms with Crippen LogP contribution >= 0.6 is 0 Å². The lowest BCUT2D eigenvalue weighted by Crippen LogP contribution is -2.24. The third kappa shape index (κ3) is 3.57. The van der Waals surface area contributed by atoms with Crippen LogP contribution in [0.4, 0.5) is 13.2 Å². The summed E-state index contributed by atoms with van der Waals surface area (Å²) in [7, 11) is 0. The Labute approximate surface area is 115 Å². The van der Waals surface area contributed by atoms with Crippen LogP contribution in [0.15, 0.2) is 36.5 Å². The number of hydrogen-bond donors (Lipinski definition) is 1. The zero-order chi connectivity index (χ0) is 14.5. The molecule has 0 saturated heterocycles. The number of likely N-dealkylation sites (N-methyl/N-ethyl adjacent to an activating group) is 1. The Morgan fingerprint density at radius 3 is 2.50 bits per heavy atom. The quantitative estimate of drug-likeness (QED) is 0.908. The van der Waals surface area contributed by atoms with Gasteiger partial charge in [-0.2, -0.15) is 0 Å². The van der Waals surface area contributed by atoms with E-state index in [1.54, 1.807) is 6.07 Å². The number of hydrogen-bond acceptors (Lipinski definition) is 2. The van der Waals surface area contributed by atoms with E-state index < -0.39 is 17.5 Å². The second kappa shape index (κ2) is 6.52. The first-order valence-electron chi connectivity index (χ1n) is 6.39. The van der Waals surface area contributed by atoms with Gasteiger partial charge in [0.2, 0.25) is 0 Å². The minimum atomic E-state index is -0.871. The largest absolute Gasteiger partial charge is 0.309 e. The lowest BCUT2D eigenvalue weighted by atomic mass is 10.0. The minimum Gasteiger partial charge on any atom is -0.309 e. The van der Waals surface area contributed by atoms with Gasteiger partial charge in [-0.1, -0.05) is 13.0 Å². The number of aromatic nitrogens is 1. The van der Waals surface area contributed by atoms with Gasteiger partial charge in [-0.25, -0.2) is 13.2 Å². The van der Waals surface area contributed by atoms with Crippen LogP contribution in [-0.2, 0) is 6.42 Å². The van der Waals surface area contributed by atoms with Gasteiger partial charge in [0.15, 0.2) is 11.6 Å². The van der Waals surface area contributed by atoms with Crippen molar-refractivity contribution < 1.29 is 13.2 Å². The van der Waals surface area contributed by atoms with Crippen molar-refractivity contribution in [2.45, 2.75) is 19.4 Å². The monoisotopic (exact) mass is 280 g/mol. The molecule has 20 heavy (non-hydrogen) atoms. The Balaban J connectivity index is 2.20. The lowest BCUT2D eigenvalue weighted by Gasteiger charge is -2.17. The molecule has 0 aliphatic rings. The Hall–Kier alpha value is -1.88. The molecule has 0 fully saturated rings. The molecule has 0 bridgehead atoms. The zero-order valence-corrected chi connectivity index (χ0v) is 11.0. The molecule has 2 nitrogen and oxygen atoms in total. The van der Waals surface area contributed by atoms with Gasteiger partial charge in [0.1, 0.15) is 5.82 Å². The average Bonchev–Trinajstić information content (AvgIpc) is 2.43. The van der Waals surface area contributed by atoms with E-state index in [0.717, 1.165) is 12.3 Å². The molecular formula is C15H15F3N2. The highest BCUT2D eigenvalue weighted by Gasteiger charge is 2.14. The van der Waals surface area contributed by atoms with Crippen LogP contribution < -0.4 is 5.32 Å².